The van der Waals surface area contributed by atoms with Crippen molar-refractivity contribution in [1.82, 2.24) is 5.32 Å². The predicted molar refractivity (Wildman–Crippen MR) is 84.1 cm³/mol. The van der Waals surface area contributed by atoms with Crippen molar-refractivity contribution in [1.29, 1.82) is 0 Å². The van der Waals surface area contributed by atoms with Crippen LogP contribution < -0.4 is 5.32 Å². The number of amides is 1. The van der Waals surface area contributed by atoms with Gasteiger partial charge < -0.3 is 10.1 Å². The van der Waals surface area contributed by atoms with E-state index in [0.717, 1.165) is 16.7 Å². The Labute approximate surface area is 126 Å². The first-order valence-corrected chi connectivity index (χ1v) is 7.20. The van der Waals surface area contributed by atoms with Gasteiger partial charge in [0.25, 0.3) is 5.91 Å². The molecular weight excluding hydrogens is 262 g/mol. The summed E-state index contributed by atoms with van der Waals surface area (Å²) in [6.45, 7) is 5.75. The average Bonchev–Trinajstić information content (AvgIpc) is 2.52. The zero-order valence-electron chi connectivity index (χ0n) is 12.6. The topological polar surface area (TPSA) is 38.3 Å². The Balaban J connectivity index is 1.99. The quantitative estimate of drug-likeness (QED) is 0.881. The third-order valence-electron chi connectivity index (χ3n) is 3.33. The number of carbonyl (C=O) groups excluding carboxylic acids is 1. The Hall–Kier alpha value is -2.13. The maximum Gasteiger partial charge on any atom is 0.251 e. The van der Waals surface area contributed by atoms with Gasteiger partial charge in [0.2, 0.25) is 0 Å². The van der Waals surface area contributed by atoms with E-state index in [9.17, 15) is 4.79 Å². The molecule has 0 radical (unpaired) electrons. The lowest BCUT2D eigenvalue weighted by molar-refractivity contribution is 0.0950. The first kappa shape index (κ1) is 15.3. The molecule has 0 heterocycles. The van der Waals surface area contributed by atoms with Gasteiger partial charge >= 0.3 is 0 Å². The van der Waals surface area contributed by atoms with Gasteiger partial charge in [0.15, 0.2) is 0 Å². The van der Waals surface area contributed by atoms with E-state index >= 15 is 0 Å². The first-order valence-electron chi connectivity index (χ1n) is 7.20. The Morgan fingerprint density at radius 2 is 1.71 bits per heavy atom. The number of ether oxygens (including phenoxy) is 1. The molecule has 3 nitrogen and oxygen atoms in total. The number of benzene rings is 2. The van der Waals surface area contributed by atoms with Gasteiger partial charge in [0.05, 0.1) is 6.61 Å². The monoisotopic (exact) mass is 283 g/mol. The predicted octanol–water partition coefficient (Wildman–Crippen LogP) is 3.46. The van der Waals surface area contributed by atoms with Crippen LogP contribution in [0.4, 0.5) is 0 Å². The van der Waals surface area contributed by atoms with Crippen molar-refractivity contribution >= 4 is 5.91 Å². The average molecular weight is 283 g/mol. The van der Waals surface area contributed by atoms with Crippen LogP contribution in [0.15, 0.2) is 48.5 Å². The van der Waals surface area contributed by atoms with E-state index in [1.54, 1.807) is 0 Å². The second-order valence-corrected chi connectivity index (χ2v) is 4.95. The molecule has 2 aromatic rings. The normalized spacial score (nSPS) is 10.4. The molecule has 0 saturated heterocycles. The highest BCUT2D eigenvalue weighted by Gasteiger charge is 2.07. The lowest BCUT2D eigenvalue weighted by Gasteiger charge is -2.11. The second-order valence-electron chi connectivity index (χ2n) is 4.95. The highest BCUT2D eigenvalue weighted by Crippen LogP contribution is 2.10. The molecule has 0 spiro atoms. The van der Waals surface area contributed by atoms with Crippen LogP contribution in [0.2, 0.25) is 0 Å². The molecule has 0 atom stereocenters. The molecule has 21 heavy (non-hydrogen) atoms. The van der Waals surface area contributed by atoms with Gasteiger partial charge in [-0.05, 0) is 37.1 Å². The number of carbonyl (C=O) groups is 1. The third kappa shape index (κ3) is 4.43. The van der Waals surface area contributed by atoms with E-state index in [4.69, 9.17) is 4.74 Å². The van der Waals surface area contributed by atoms with Gasteiger partial charge in [-0.25, -0.2) is 0 Å². The highest BCUT2D eigenvalue weighted by atomic mass is 16.5. The lowest BCUT2D eigenvalue weighted by Crippen LogP contribution is -2.23. The summed E-state index contributed by atoms with van der Waals surface area (Å²) in [5, 5.41) is 2.96. The molecule has 2 rings (SSSR count). The fourth-order valence-corrected chi connectivity index (χ4v) is 2.07. The van der Waals surface area contributed by atoms with Crippen LogP contribution in [0.1, 0.15) is 34.0 Å². The van der Waals surface area contributed by atoms with Crippen LogP contribution >= 0.6 is 0 Å². The van der Waals surface area contributed by atoms with Crippen LogP contribution in [-0.4, -0.2) is 12.5 Å². The summed E-state index contributed by atoms with van der Waals surface area (Å²) in [7, 11) is 0. The first-order chi connectivity index (χ1) is 10.2. The minimum Gasteiger partial charge on any atom is -0.377 e. The van der Waals surface area contributed by atoms with E-state index in [1.807, 2.05) is 62.4 Å². The molecule has 3 heteroatoms. The minimum absolute atomic E-state index is 0.0544. The number of aryl methyl sites for hydroxylation is 1. The number of hydrogen-bond acceptors (Lipinski definition) is 2. The summed E-state index contributed by atoms with van der Waals surface area (Å²) in [5.41, 5.74) is 4.03. The van der Waals surface area contributed by atoms with Crippen LogP contribution in [-0.2, 0) is 17.9 Å². The molecule has 0 aromatic heterocycles. The molecule has 0 unspecified atom stereocenters. The van der Waals surface area contributed by atoms with Crippen LogP contribution in [0.25, 0.3) is 0 Å². The molecule has 0 fully saturated rings. The molecule has 0 saturated carbocycles. The number of rotatable bonds is 6. The van der Waals surface area contributed by atoms with E-state index in [2.05, 4.69) is 5.32 Å². The van der Waals surface area contributed by atoms with Crippen molar-refractivity contribution < 1.29 is 9.53 Å². The fourth-order valence-electron chi connectivity index (χ4n) is 2.07. The maximum atomic E-state index is 12.1. The fraction of sp³-hybridized carbons (Fsp3) is 0.278. The summed E-state index contributed by atoms with van der Waals surface area (Å²) in [5.74, 6) is -0.0544. The summed E-state index contributed by atoms with van der Waals surface area (Å²) < 4.78 is 5.45. The van der Waals surface area contributed by atoms with Gasteiger partial charge in [-0.3, -0.25) is 4.79 Å². The smallest absolute Gasteiger partial charge is 0.251 e. The van der Waals surface area contributed by atoms with Gasteiger partial charge in [0.1, 0.15) is 0 Å². The highest BCUT2D eigenvalue weighted by molar-refractivity contribution is 5.94. The van der Waals surface area contributed by atoms with Crippen LogP contribution in [0.3, 0.4) is 0 Å². The molecule has 0 aliphatic heterocycles. The van der Waals surface area contributed by atoms with E-state index in [-0.39, 0.29) is 5.91 Å². The van der Waals surface area contributed by atoms with Crippen molar-refractivity contribution in [3.63, 3.8) is 0 Å². The van der Waals surface area contributed by atoms with Crippen molar-refractivity contribution in [2.24, 2.45) is 0 Å². The molecule has 1 amide bonds. The van der Waals surface area contributed by atoms with Gasteiger partial charge in [-0.15, -0.1) is 0 Å². The zero-order valence-corrected chi connectivity index (χ0v) is 12.6. The van der Waals surface area contributed by atoms with Crippen LogP contribution in [0.5, 0.6) is 0 Å². The maximum absolute atomic E-state index is 12.1. The standard InChI is InChI=1S/C18H21NO2/c1-3-21-13-17-7-5-4-6-16(17)12-19-18(20)15-10-8-14(2)9-11-15/h4-11H,3,12-13H2,1-2H3,(H,19,20). The Bertz CT molecular complexity index is 590. The number of nitrogens with one attached hydrogen (secondary N) is 1. The Morgan fingerprint density at radius 3 is 2.38 bits per heavy atom. The van der Waals surface area contributed by atoms with E-state index < -0.39 is 0 Å². The van der Waals surface area contributed by atoms with Crippen molar-refractivity contribution in [3.8, 4) is 0 Å². The molecule has 0 aliphatic rings. The van der Waals surface area contributed by atoms with Crippen molar-refractivity contribution in [3.05, 3.63) is 70.8 Å². The van der Waals surface area contributed by atoms with Crippen molar-refractivity contribution in [2.75, 3.05) is 6.61 Å². The van der Waals surface area contributed by atoms with Gasteiger partial charge in [-0.1, -0.05) is 42.0 Å². The molecular formula is C18H21NO2. The molecule has 2 aromatic carbocycles. The molecule has 110 valence electrons. The minimum atomic E-state index is -0.0544. The number of hydrogen-bond donors (Lipinski definition) is 1. The largest absolute Gasteiger partial charge is 0.377 e. The Morgan fingerprint density at radius 1 is 1.05 bits per heavy atom. The summed E-state index contributed by atoms with van der Waals surface area (Å²) >= 11 is 0. The van der Waals surface area contributed by atoms with Gasteiger partial charge in [-0.2, -0.15) is 0 Å². The summed E-state index contributed by atoms with van der Waals surface area (Å²) in [6.07, 6.45) is 0. The van der Waals surface area contributed by atoms with E-state index in [0.29, 0.717) is 25.3 Å². The molecule has 1 N–H and O–H groups in total. The second kappa shape index (κ2) is 7.60. The summed E-state index contributed by atoms with van der Waals surface area (Å²) in [6, 6.07) is 15.6. The third-order valence-corrected chi connectivity index (χ3v) is 3.33. The SMILES string of the molecule is CCOCc1ccccc1CNC(=O)c1ccc(C)cc1. The molecule has 0 bridgehead atoms. The van der Waals surface area contributed by atoms with Crippen LogP contribution in [0, 0.1) is 6.92 Å². The molecule has 0 aliphatic carbocycles. The zero-order chi connectivity index (χ0) is 15.1. The van der Waals surface area contributed by atoms with Crippen molar-refractivity contribution in [2.45, 2.75) is 27.0 Å². The Kier molecular flexibility index (Phi) is 5.52. The summed E-state index contributed by atoms with van der Waals surface area (Å²) in [4.78, 5) is 12.1. The lowest BCUT2D eigenvalue weighted by atomic mass is 10.1. The van der Waals surface area contributed by atoms with E-state index in [1.165, 1.54) is 0 Å². The van der Waals surface area contributed by atoms with Gasteiger partial charge in [0, 0.05) is 18.7 Å².